The number of esters is 1. The van der Waals surface area contributed by atoms with Crippen LogP contribution < -0.4 is 10.2 Å². The van der Waals surface area contributed by atoms with Crippen molar-refractivity contribution in [2.24, 2.45) is 29.1 Å². The molecule has 2 bridgehead atoms. The molecule has 5 fully saturated rings. The zero-order valence-corrected chi connectivity index (χ0v) is 29.9. The average Bonchev–Trinajstić information content (AvgIpc) is 3.80. The molecule has 2 heterocycles. The lowest BCUT2D eigenvalue weighted by molar-refractivity contribution is -0.230. The Morgan fingerprint density at radius 2 is 1.82 bits per heavy atom. The van der Waals surface area contributed by atoms with Crippen LogP contribution in [0.3, 0.4) is 0 Å². The number of para-hydroxylation sites is 2. The van der Waals surface area contributed by atoms with Gasteiger partial charge in [-0.25, -0.2) is 9.69 Å². The minimum absolute atomic E-state index is 0.00307. The fraction of sp³-hybridized carbons (Fsp3) is 0.513. The number of carbonyl (C=O) groups is 3. The van der Waals surface area contributed by atoms with Crippen LogP contribution in [-0.2, 0) is 30.2 Å². The van der Waals surface area contributed by atoms with Gasteiger partial charge in [-0.15, -0.1) is 0 Å². The lowest BCUT2D eigenvalue weighted by Gasteiger charge is -2.65. The number of nitrogens with zero attached hydrogens (tertiary/aromatic N) is 1. The fourth-order valence-corrected chi connectivity index (χ4v) is 10.2. The molecule has 4 aliphatic carbocycles. The van der Waals surface area contributed by atoms with Gasteiger partial charge in [-0.3, -0.25) is 9.59 Å². The number of Topliss-reactive ketones (excluding diaryl/α,β-unsaturated/α-hetero) is 1. The zero-order valence-electron chi connectivity index (χ0n) is 28.4. The summed E-state index contributed by atoms with van der Waals surface area (Å²) < 4.78 is 18.5. The minimum Gasteiger partial charge on any atom is -0.482 e. The van der Waals surface area contributed by atoms with Crippen molar-refractivity contribution in [3.8, 4) is 0 Å². The number of anilines is 2. The van der Waals surface area contributed by atoms with E-state index in [2.05, 4.69) is 11.4 Å². The highest BCUT2D eigenvalue weighted by Gasteiger charge is 2.78. The number of hydrogen-bond acceptors (Lipinski definition) is 8. The van der Waals surface area contributed by atoms with E-state index < -0.39 is 34.8 Å². The third kappa shape index (κ3) is 5.30. The SMILES string of the molecule is CC(C)(C)OC(=O)N(c1ccccc1CC(=O)OC1=C2OC3C(=O)CC[C@@]4(O)C5NCCC34C2C(C=C1)C5CC1CC1)c1c(Cl)cccc1Cl. The quantitative estimate of drug-likeness (QED) is 0.284. The molecule has 1 spiro atoms. The molecule has 2 saturated heterocycles. The van der Waals surface area contributed by atoms with Crippen molar-refractivity contribution in [1.82, 2.24) is 5.32 Å². The molecular weight excluding hydrogens is 679 g/mol. The van der Waals surface area contributed by atoms with Crippen molar-refractivity contribution >= 4 is 52.4 Å². The molecule has 8 rings (SSSR count). The van der Waals surface area contributed by atoms with E-state index in [1.54, 1.807) is 63.2 Å². The molecule has 2 aromatic rings. The highest BCUT2D eigenvalue weighted by Crippen LogP contribution is 2.70. The van der Waals surface area contributed by atoms with Gasteiger partial charge >= 0.3 is 12.1 Å². The largest absolute Gasteiger partial charge is 0.482 e. The summed E-state index contributed by atoms with van der Waals surface area (Å²) in [4.78, 5) is 42.4. The number of nitrogens with one attached hydrogen (secondary N) is 1. The summed E-state index contributed by atoms with van der Waals surface area (Å²) in [7, 11) is 0. The van der Waals surface area contributed by atoms with Crippen LogP contribution in [0.1, 0.15) is 64.9 Å². The molecular formula is C39H42Cl2N2O7. The smallest absolute Gasteiger partial charge is 0.419 e. The average molecular weight is 722 g/mol. The molecule has 7 atom stereocenters. The van der Waals surface area contributed by atoms with E-state index in [9.17, 15) is 19.5 Å². The van der Waals surface area contributed by atoms with E-state index in [-0.39, 0.29) is 63.9 Å². The minimum atomic E-state index is -1.10. The van der Waals surface area contributed by atoms with Gasteiger partial charge in [0.2, 0.25) is 0 Å². The van der Waals surface area contributed by atoms with E-state index in [1.165, 1.54) is 17.7 Å². The van der Waals surface area contributed by atoms with Crippen LogP contribution in [0.15, 0.2) is 66.1 Å². The summed E-state index contributed by atoms with van der Waals surface area (Å²) in [6.45, 7) is 5.98. The second-order valence-corrected chi connectivity index (χ2v) is 16.6. The summed E-state index contributed by atoms with van der Waals surface area (Å²) in [5.74, 6) is 0.779. The van der Waals surface area contributed by atoms with Crippen molar-refractivity contribution in [2.45, 2.75) is 89.1 Å². The Balaban J connectivity index is 1.13. The molecule has 6 aliphatic rings. The fourth-order valence-electron chi connectivity index (χ4n) is 9.65. The van der Waals surface area contributed by atoms with Crippen LogP contribution >= 0.6 is 23.2 Å². The van der Waals surface area contributed by atoms with Crippen LogP contribution in [0, 0.1) is 29.1 Å². The Morgan fingerprint density at radius 3 is 2.54 bits per heavy atom. The second kappa shape index (κ2) is 12.1. The van der Waals surface area contributed by atoms with Crippen LogP contribution in [-0.4, -0.2) is 52.8 Å². The summed E-state index contributed by atoms with van der Waals surface area (Å²) >= 11 is 13.2. The first-order valence-electron chi connectivity index (χ1n) is 17.7. The Bertz CT molecular complexity index is 1810. The third-order valence-electron chi connectivity index (χ3n) is 11.7. The highest BCUT2D eigenvalue weighted by atomic mass is 35.5. The summed E-state index contributed by atoms with van der Waals surface area (Å²) in [6.07, 6.45) is 6.90. The maximum absolute atomic E-state index is 13.9. The molecule has 9 nitrogen and oxygen atoms in total. The maximum Gasteiger partial charge on any atom is 0.419 e. The Morgan fingerprint density at radius 1 is 1.08 bits per heavy atom. The van der Waals surface area contributed by atoms with Gasteiger partial charge in [0.25, 0.3) is 0 Å². The standard InChI is InChI=1S/C39H42Cl2N2O7/c1-37(2,3)50-36(46)43(32-25(40)8-6-9-26(32)41)27-10-5-4-7-22(27)20-30(45)48-29-14-13-23-24(19-21-11-12-21)34-39(47)16-15-28(44)35-38(39,17-18-42-34)31(23)33(29)49-35/h4-10,13-14,21,23-24,31,34-35,42,47H,11-12,15-20H2,1-3H3/t23?,24?,31?,34?,35?,38?,39-/m1/s1. The molecule has 0 aromatic heterocycles. The molecule has 1 amide bonds. The van der Waals surface area contributed by atoms with E-state index >= 15 is 0 Å². The number of rotatable bonds is 7. The first-order valence-corrected chi connectivity index (χ1v) is 18.4. The predicted molar refractivity (Wildman–Crippen MR) is 188 cm³/mol. The summed E-state index contributed by atoms with van der Waals surface area (Å²) in [5, 5.41) is 16.7. The van der Waals surface area contributed by atoms with Crippen LogP contribution in [0.2, 0.25) is 10.0 Å². The second-order valence-electron chi connectivity index (χ2n) is 15.8. The molecule has 2 N–H and O–H groups in total. The normalized spacial score (nSPS) is 32.3. The van der Waals surface area contributed by atoms with Gasteiger partial charge in [-0.1, -0.05) is 66.4 Å². The molecule has 50 heavy (non-hydrogen) atoms. The number of aliphatic hydroxyl groups is 1. The number of hydrogen-bond donors (Lipinski definition) is 2. The van der Waals surface area contributed by atoms with Crippen LogP contribution in [0.4, 0.5) is 16.2 Å². The van der Waals surface area contributed by atoms with Gasteiger partial charge in [0.15, 0.2) is 17.6 Å². The number of ketones is 1. The van der Waals surface area contributed by atoms with E-state index in [1.807, 2.05) is 6.08 Å². The van der Waals surface area contributed by atoms with Gasteiger partial charge in [0, 0.05) is 18.4 Å². The van der Waals surface area contributed by atoms with Crippen molar-refractivity contribution < 1.29 is 33.7 Å². The lowest BCUT2D eigenvalue weighted by Crippen LogP contribution is -2.78. The Hall–Kier alpha value is -3.37. The van der Waals surface area contributed by atoms with Crippen molar-refractivity contribution in [1.29, 1.82) is 0 Å². The molecule has 2 aliphatic heterocycles. The van der Waals surface area contributed by atoms with Crippen molar-refractivity contribution in [2.75, 3.05) is 11.4 Å². The zero-order chi connectivity index (χ0) is 35.2. The van der Waals surface area contributed by atoms with Gasteiger partial charge in [-0.2, -0.15) is 0 Å². The molecule has 3 saturated carbocycles. The number of carbonyl (C=O) groups excluding carboxylic acids is 3. The Labute approximate surface area is 301 Å². The van der Waals surface area contributed by atoms with E-state index in [0.29, 0.717) is 42.3 Å². The number of amides is 1. The summed E-state index contributed by atoms with van der Waals surface area (Å²) in [6, 6.07) is 11.8. The first kappa shape index (κ1) is 33.8. The number of piperidine rings is 1. The molecule has 0 radical (unpaired) electrons. The first-order chi connectivity index (χ1) is 23.8. The van der Waals surface area contributed by atoms with Gasteiger partial charge in [0.05, 0.1) is 38.9 Å². The predicted octanol–water partition coefficient (Wildman–Crippen LogP) is 7.44. The molecule has 6 unspecified atom stereocenters. The highest BCUT2D eigenvalue weighted by molar-refractivity contribution is 6.40. The number of ether oxygens (including phenoxy) is 3. The molecule has 264 valence electrons. The Kier molecular flexibility index (Phi) is 8.18. The van der Waals surface area contributed by atoms with Crippen LogP contribution in [0.5, 0.6) is 0 Å². The van der Waals surface area contributed by atoms with Gasteiger partial charge < -0.3 is 24.6 Å². The number of allylic oxidation sites excluding steroid dienone is 3. The van der Waals surface area contributed by atoms with Gasteiger partial charge in [-0.05, 0) is 94.2 Å². The molecule has 2 aromatic carbocycles. The van der Waals surface area contributed by atoms with Crippen molar-refractivity contribution in [3.05, 3.63) is 81.7 Å². The van der Waals surface area contributed by atoms with E-state index in [0.717, 1.165) is 6.42 Å². The molecule has 11 heteroatoms. The maximum atomic E-state index is 13.9. The monoisotopic (exact) mass is 720 g/mol. The van der Waals surface area contributed by atoms with E-state index in [4.69, 9.17) is 37.4 Å². The summed E-state index contributed by atoms with van der Waals surface area (Å²) in [5.41, 5.74) is -1.64. The lowest BCUT2D eigenvalue weighted by atomic mass is 9.42. The number of halogens is 2. The van der Waals surface area contributed by atoms with Crippen molar-refractivity contribution in [3.63, 3.8) is 0 Å². The topological polar surface area (TPSA) is 114 Å². The van der Waals surface area contributed by atoms with Gasteiger partial charge in [0.1, 0.15) is 11.4 Å². The third-order valence-corrected chi connectivity index (χ3v) is 12.3. The van der Waals surface area contributed by atoms with Crippen LogP contribution in [0.25, 0.3) is 0 Å². The number of benzene rings is 2.